The van der Waals surface area contributed by atoms with E-state index in [9.17, 15) is 9.59 Å². The van der Waals surface area contributed by atoms with Crippen molar-refractivity contribution in [1.29, 1.82) is 0 Å². The Balaban J connectivity index is 1.71. The molecule has 3 heterocycles. The van der Waals surface area contributed by atoms with Gasteiger partial charge in [0.15, 0.2) is 5.16 Å². The first-order valence-electron chi connectivity index (χ1n) is 7.52. The van der Waals surface area contributed by atoms with Crippen LogP contribution in [0.1, 0.15) is 32.7 Å². The molecule has 1 saturated heterocycles. The second-order valence-electron chi connectivity index (χ2n) is 6.35. The zero-order chi connectivity index (χ0) is 15.0. The van der Waals surface area contributed by atoms with Crippen LogP contribution in [0.4, 0.5) is 0 Å². The molecule has 21 heavy (non-hydrogen) atoms. The van der Waals surface area contributed by atoms with E-state index in [1.807, 2.05) is 4.90 Å². The Kier molecular flexibility index (Phi) is 4.06. The van der Waals surface area contributed by atoms with Crippen LogP contribution < -0.4 is 5.56 Å². The van der Waals surface area contributed by atoms with Gasteiger partial charge >= 0.3 is 0 Å². The van der Waals surface area contributed by atoms with E-state index in [-0.39, 0.29) is 17.5 Å². The zero-order valence-corrected chi connectivity index (χ0v) is 13.3. The molecule has 3 rings (SSSR count). The molecule has 0 spiro atoms. The molecule has 2 aliphatic rings. The highest BCUT2D eigenvalue weighted by molar-refractivity contribution is 7.99. The molecule has 1 fully saturated rings. The van der Waals surface area contributed by atoms with Crippen molar-refractivity contribution in [2.45, 2.75) is 37.9 Å². The van der Waals surface area contributed by atoms with Gasteiger partial charge in [-0.25, -0.2) is 4.98 Å². The minimum absolute atomic E-state index is 0.0498. The second kappa shape index (κ2) is 5.83. The summed E-state index contributed by atoms with van der Waals surface area (Å²) in [5.74, 6) is 2.05. The fraction of sp³-hybridized carbons (Fsp3) is 0.667. The molecule has 2 aliphatic heterocycles. The summed E-state index contributed by atoms with van der Waals surface area (Å²) >= 11 is 1.56. The highest BCUT2D eigenvalue weighted by Crippen LogP contribution is 2.32. The molecular weight excluding hydrogens is 286 g/mol. The minimum Gasteiger partial charge on any atom is -0.342 e. The molecule has 0 bridgehead atoms. The summed E-state index contributed by atoms with van der Waals surface area (Å²) in [6, 6.07) is 1.42. The Morgan fingerprint density at radius 2 is 2.10 bits per heavy atom. The molecule has 3 unspecified atom stereocenters. The highest BCUT2D eigenvalue weighted by Gasteiger charge is 2.31. The van der Waals surface area contributed by atoms with Gasteiger partial charge in [-0.2, -0.15) is 0 Å². The molecule has 3 atom stereocenters. The summed E-state index contributed by atoms with van der Waals surface area (Å²) in [7, 11) is 0. The van der Waals surface area contributed by atoms with Crippen LogP contribution >= 0.6 is 11.8 Å². The molecule has 0 aliphatic carbocycles. The lowest BCUT2D eigenvalue weighted by Crippen LogP contribution is -2.43. The first kappa shape index (κ1) is 14.6. The fourth-order valence-electron chi connectivity index (χ4n) is 3.44. The predicted molar refractivity (Wildman–Crippen MR) is 82.4 cm³/mol. The lowest BCUT2D eigenvalue weighted by atomic mass is 9.91. The number of likely N-dealkylation sites (tertiary alicyclic amines) is 1. The van der Waals surface area contributed by atoms with Gasteiger partial charge in [-0.1, -0.05) is 25.6 Å². The van der Waals surface area contributed by atoms with E-state index in [0.717, 1.165) is 24.0 Å². The van der Waals surface area contributed by atoms with Gasteiger partial charge < -0.3 is 4.90 Å². The molecule has 1 aromatic heterocycles. The zero-order valence-electron chi connectivity index (χ0n) is 12.5. The smallest absolute Gasteiger partial charge is 0.254 e. The number of aromatic nitrogens is 2. The Morgan fingerprint density at radius 3 is 2.81 bits per heavy atom. The van der Waals surface area contributed by atoms with Crippen molar-refractivity contribution in [3.05, 3.63) is 22.6 Å². The van der Waals surface area contributed by atoms with Crippen LogP contribution in [0.15, 0.2) is 22.2 Å². The molecule has 5 nitrogen and oxygen atoms in total. The lowest BCUT2D eigenvalue weighted by Gasteiger charge is -2.35. The van der Waals surface area contributed by atoms with Crippen LogP contribution in [-0.4, -0.2) is 39.2 Å². The summed E-state index contributed by atoms with van der Waals surface area (Å²) in [6.07, 6.45) is 3.14. The van der Waals surface area contributed by atoms with Crippen molar-refractivity contribution in [3.8, 4) is 0 Å². The van der Waals surface area contributed by atoms with E-state index in [4.69, 9.17) is 0 Å². The number of piperidine rings is 1. The maximum Gasteiger partial charge on any atom is 0.254 e. The quantitative estimate of drug-likeness (QED) is 0.782. The van der Waals surface area contributed by atoms with E-state index in [1.165, 1.54) is 12.5 Å². The Hall–Kier alpha value is -1.30. The van der Waals surface area contributed by atoms with Gasteiger partial charge in [0, 0.05) is 37.5 Å². The molecule has 0 saturated carbocycles. The van der Waals surface area contributed by atoms with Crippen molar-refractivity contribution in [2.75, 3.05) is 18.8 Å². The highest BCUT2D eigenvalue weighted by atomic mass is 32.2. The summed E-state index contributed by atoms with van der Waals surface area (Å²) < 4.78 is 1.68. The molecule has 0 N–H and O–H groups in total. The van der Waals surface area contributed by atoms with Crippen molar-refractivity contribution in [2.24, 2.45) is 11.8 Å². The average molecular weight is 307 g/mol. The molecule has 1 amide bonds. The van der Waals surface area contributed by atoms with Crippen LogP contribution in [0.2, 0.25) is 0 Å². The third-order valence-electron chi connectivity index (χ3n) is 4.25. The van der Waals surface area contributed by atoms with Gasteiger partial charge in [-0.15, -0.1) is 0 Å². The maximum atomic E-state index is 12.5. The van der Waals surface area contributed by atoms with E-state index in [0.29, 0.717) is 18.3 Å². The molecule has 0 aromatic carbocycles. The molecular formula is C15H21N3O2S. The van der Waals surface area contributed by atoms with Gasteiger partial charge in [0.2, 0.25) is 5.91 Å². The standard InChI is InChI=1S/C15H21N3O2S/c1-10-5-11(2)8-17(7-10)14(20)6-12-9-21-15-16-4-3-13(19)18(12)15/h3-4,10-12H,5-9H2,1-2H3. The first-order chi connectivity index (χ1) is 10.0. The van der Waals surface area contributed by atoms with Crippen molar-refractivity contribution in [1.82, 2.24) is 14.5 Å². The van der Waals surface area contributed by atoms with E-state index >= 15 is 0 Å². The number of carbonyl (C=O) groups excluding carboxylic acids is 1. The normalized spacial score (nSPS) is 28.5. The van der Waals surface area contributed by atoms with Gasteiger partial charge in [0.1, 0.15) is 0 Å². The van der Waals surface area contributed by atoms with Crippen molar-refractivity contribution >= 4 is 17.7 Å². The van der Waals surface area contributed by atoms with E-state index in [1.54, 1.807) is 22.5 Å². The Bertz CT molecular complexity index is 591. The van der Waals surface area contributed by atoms with Gasteiger partial charge in [0.05, 0.1) is 6.04 Å². The largest absolute Gasteiger partial charge is 0.342 e. The first-order valence-corrected chi connectivity index (χ1v) is 8.51. The Labute approximate surface area is 128 Å². The van der Waals surface area contributed by atoms with Crippen LogP contribution in [0.3, 0.4) is 0 Å². The number of thioether (sulfide) groups is 1. The van der Waals surface area contributed by atoms with Crippen LogP contribution in [0.25, 0.3) is 0 Å². The molecule has 6 heteroatoms. The fourth-order valence-corrected chi connectivity index (χ4v) is 4.56. The van der Waals surface area contributed by atoms with E-state index < -0.39 is 0 Å². The SMILES string of the molecule is CC1CC(C)CN(C(=O)CC2CSc3nccc(=O)n32)C1. The van der Waals surface area contributed by atoms with E-state index in [2.05, 4.69) is 18.8 Å². The Morgan fingerprint density at radius 1 is 1.38 bits per heavy atom. The lowest BCUT2D eigenvalue weighted by molar-refractivity contribution is -0.134. The summed E-state index contributed by atoms with van der Waals surface area (Å²) in [5, 5.41) is 0.737. The number of carbonyl (C=O) groups is 1. The molecule has 1 aromatic rings. The van der Waals surface area contributed by atoms with Crippen LogP contribution in [-0.2, 0) is 4.79 Å². The maximum absolute atomic E-state index is 12.5. The number of hydrogen-bond donors (Lipinski definition) is 0. The van der Waals surface area contributed by atoms with Gasteiger partial charge in [-0.05, 0) is 18.3 Å². The third kappa shape index (κ3) is 3.00. The van der Waals surface area contributed by atoms with Crippen LogP contribution in [0.5, 0.6) is 0 Å². The summed E-state index contributed by atoms with van der Waals surface area (Å²) in [4.78, 5) is 30.7. The molecule has 0 radical (unpaired) electrons. The number of hydrogen-bond acceptors (Lipinski definition) is 4. The number of rotatable bonds is 2. The van der Waals surface area contributed by atoms with Gasteiger partial charge in [-0.3, -0.25) is 14.2 Å². The monoisotopic (exact) mass is 307 g/mol. The van der Waals surface area contributed by atoms with Crippen molar-refractivity contribution < 1.29 is 4.79 Å². The number of nitrogens with zero attached hydrogens (tertiary/aromatic N) is 3. The predicted octanol–water partition coefficient (Wildman–Crippen LogP) is 1.78. The molecule has 114 valence electrons. The van der Waals surface area contributed by atoms with Gasteiger partial charge in [0.25, 0.3) is 5.56 Å². The topological polar surface area (TPSA) is 55.2 Å². The van der Waals surface area contributed by atoms with Crippen LogP contribution in [0, 0.1) is 11.8 Å². The summed E-state index contributed by atoms with van der Waals surface area (Å²) in [5.41, 5.74) is -0.0526. The third-order valence-corrected chi connectivity index (χ3v) is 5.36. The number of fused-ring (bicyclic) bond motifs is 1. The van der Waals surface area contributed by atoms with Crippen molar-refractivity contribution in [3.63, 3.8) is 0 Å². The second-order valence-corrected chi connectivity index (χ2v) is 7.34. The summed E-state index contributed by atoms with van der Waals surface area (Å²) in [6.45, 7) is 6.09. The minimum atomic E-state index is -0.0526. The average Bonchev–Trinajstić information content (AvgIpc) is 2.82. The number of amides is 1.